The number of piperidine rings is 1. The summed E-state index contributed by atoms with van der Waals surface area (Å²) in [6.45, 7) is 1.18. The third-order valence-electron chi connectivity index (χ3n) is 5.54. The van der Waals surface area contributed by atoms with Gasteiger partial charge < -0.3 is 15.2 Å². The normalized spacial score (nSPS) is 22.8. The van der Waals surface area contributed by atoms with E-state index in [-0.39, 0.29) is 36.7 Å². The van der Waals surface area contributed by atoms with Crippen LogP contribution in [0.1, 0.15) is 30.0 Å². The molecule has 2 unspecified atom stereocenters. The summed E-state index contributed by atoms with van der Waals surface area (Å²) in [7, 11) is 0. The molecule has 1 aromatic heterocycles. The van der Waals surface area contributed by atoms with Crippen LogP contribution in [0.4, 0.5) is 13.2 Å². The molecular formula is C22H22ClF3N4O3S. The van der Waals surface area contributed by atoms with E-state index in [0.29, 0.717) is 22.1 Å². The molecule has 12 heteroatoms. The second-order valence-electron chi connectivity index (χ2n) is 7.90. The van der Waals surface area contributed by atoms with Gasteiger partial charge in [-0.1, -0.05) is 17.7 Å². The number of thiazole rings is 1. The van der Waals surface area contributed by atoms with Crippen LogP contribution in [0, 0.1) is 5.82 Å². The highest BCUT2D eigenvalue weighted by atomic mass is 35.5. The minimum absolute atomic E-state index is 0.0583. The van der Waals surface area contributed by atoms with Gasteiger partial charge in [0.05, 0.1) is 18.7 Å². The summed E-state index contributed by atoms with van der Waals surface area (Å²) in [6.07, 6.45) is -0.254. The lowest BCUT2D eigenvalue weighted by molar-refractivity contribution is -0.148. The van der Waals surface area contributed by atoms with E-state index in [9.17, 15) is 23.1 Å². The number of nitrogens with one attached hydrogen (secondary N) is 1. The van der Waals surface area contributed by atoms with Gasteiger partial charge >= 0.3 is 5.97 Å². The average molecular weight is 515 g/mol. The number of carbonyl (C=O) groups is 1. The summed E-state index contributed by atoms with van der Waals surface area (Å²) < 4.78 is 47.4. The molecule has 0 aliphatic carbocycles. The van der Waals surface area contributed by atoms with Gasteiger partial charge in [0, 0.05) is 40.9 Å². The van der Waals surface area contributed by atoms with Crippen LogP contribution >= 0.6 is 22.9 Å². The number of amidine groups is 1. The number of esters is 1. The Bertz CT molecular complexity index is 1130. The maximum absolute atomic E-state index is 14.2. The van der Waals surface area contributed by atoms with Gasteiger partial charge in [0.25, 0.3) is 5.92 Å². The molecule has 4 rings (SSSR count). The van der Waals surface area contributed by atoms with Gasteiger partial charge in [-0.25, -0.2) is 22.9 Å². The average Bonchev–Trinajstić information content (AvgIpc) is 3.31. The number of halogens is 4. The first-order chi connectivity index (χ1) is 16.2. The van der Waals surface area contributed by atoms with E-state index < -0.39 is 36.4 Å². The number of rotatable bonds is 6. The minimum atomic E-state index is -3.29. The number of aromatic nitrogens is 1. The van der Waals surface area contributed by atoms with Crippen molar-refractivity contribution in [2.75, 3.05) is 26.2 Å². The van der Waals surface area contributed by atoms with Crippen molar-refractivity contribution in [2.24, 2.45) is 4.99 Å². The molecule has 182 valence electrons. The van der Waals surface area contributed by atoms with Crippen LogP contribution in [0.5, 0.6) is 0 Å². The summed E-state index contributed by atoms with van der Waals surface area (Å²) in [5.41, 5.74) is 0.750. The van der Waals surface area contributed by atoms with E-state index in [2.05, 4.69) is 15.3 Å². The van der Waals surface area contributed by atoms with Crippen molar-refractivity contribution in [3.8, 4) is 0 Å². The summed E-state index contributed by atoms with van der Waals surface area (Å²) in [5, 5.41) is 15.0. The molecule has 1 saturated heterocycles. The van der Waals surface area contributed by atoms with Crippen molar-refractivity contribution >= 4 is 34.7 Å². The van der Waals surface area contributed by atoms with E-state index in [4.69, 9.17) is 16.3 Å². The fraction of sp³-hybridized carbons (Fsp3) is 0.409. The van der Waals surface area contributed by atoms with E-state index in [0.717, 1.165) is 6.07 Å². The monoisotopic (exact) mass is 514 g/mol. The number of aliphatic hydroxyl groups excluding tert-OH is 1. The zero-order valence-corrected chi connectivity index (χ0v) is 19.7. The Morgan fingerprint density at radius 1 is 1.44 bits per heavy atom. The Balaban J connectivity index is 1.80. The summed E-state index contributed by atoms with van der Waals surface area (Å²) >= 11 is 7.62. The Kier molecular flexibility index (Phi) is 7.27. The molecule has 0 bridgehead atoms. The lowest BCUT2D eigenvalue weighted by Gasteiger charge is -2.37. The molecule has 3 heterocycles. The third-order valence-corrected chi connectivity index (χ3v) is 6.64. The fourth-order valence-electron chi connectivity index (χ4n) is 3.92. The van der Waals surface area contributed by atoms with Gasteiger partial charge in [0.15, 0.2) is 10.8 Å². The van der Waals surface area contributed by atoms with Crippen LogP contribution in [0.25, 0.3) is 0 Å². The van der Waals surface area contributed by atoms with Crippen LogP contribution in [0.15, 0.2) is 46.0 Å². The number of alkyl halides is 2. The van der Waals surface area contributed by atoms with Crippen LogP contribution in [0.3, 0.4) is 0 Å². The standard InChI is InChI=1S/C22H22ClF3N4O3S/c1-2-33-21(32)17-15(10-30-7-5-16(31)22(25,26)11-30)28-19(20-27-6-8-34-20)29-18(17)13-4-3-12(24)9-14(13)23/h3-4,6,8-9,16,18,31H,2,5,7,10-11H2,1H3,(H,28,29). The van der Waals surface area contributed by atoms with Crippen molar-refractivity contribution < 1.29 is 27.8 Å². The van der Waals surface area contributed by atoms with Gasteiger partial charge in [-0.2, -0.15) is 0 Å². The van der Waals surface area contributed by atoms with Crippen molar-refractivity contribution in [2.45, 2.75) is 31.4 Å². The SMILES string of the molecule is CCOC(=O)C1=C(CN2CCC(O)C(F)(F)C2)NC(c2nccs2)=NC1c1ccc(F)cc1Cl. The molecule has 1 aromatic carbocycles. The molecule has 1 fully saturated rings. The van der Waals surface area contributed by atoms with E-state index in [1.807, 2.05) is 0 Å². The van der Waals surface area contributed by atoms with Crippen LogP contribution in [-0.4, -0.2) is 65.1 Å². The number of aliphatic hydroxyl groups is 1. The Hall–Kier alpha value is -2.47. The number of hydrogen-bond acceptors (Lipinski definition) is 8. The molecule has 0 amide bonds. The summed E-state index contributed by atoms with van der Waals surface area (Å²) in [6, 6.07) is 2.78. The van der Waals surface area contributed by atoms with Crippen molar-refractivity contribution in [3.63, 3.8) is 0 Å². The number of ether oxygens (including phenoxy) is 1. The number of nitrogens with zero attached hydrogens (tertiary/aromatic N) is 3. The van der Waals surface area contributed by atoms with Gasteiger partial charge in [-0.3, -0.25) is 9.89 Å². The molecule has 2 aromatic rings. The number of carbonyl (C=O) groups excluding carboxylic acids is 1. The first-order valence-electron chi connectivity index (χ1n) is 10.6. The fourth-order valence-corrected chi connectivity index (χ4v) is 4.78. The first kappa shape index (κ1) is 24.6. The van der Waals surface area contributed by atoms with Crippen molar-refractivity contribution in [1.82, 2.24) is 15.2 Å². The first-order valence-corrected chi connectivity index (χ1v) is 11.8. The predicted molar refractivity (Wildman–Crippen MR) is 122 cm³/mol. The molecular weight excluding hydrogens is 493 g/mol. The highest BCUT2D eigenvalue weighted by Crippen LogP contribution is 2.37. The number of likely N-dealkylation sites (tertiary alicyclic amines) is 1. The second kappa shape index (κ2) is 10.0. The topological polar surface area (TPSA) is 87.0 Å². The number of aliphatic imine (C=N–C) groups is 1. The zero-order valence-electron chi connectivity index (χ0n) is 18.1. The third kappa shape index (κ3) is 5.12. The highest BCUT2D eigenvalue weighted by molar-refractivity contribution is 7.11. The van der Waals surface area contributed by atoms with Crippen LogP contribution < -0.4 is 5.32 Å². The Morgan fingerprint density at radius 3 is 2.88 bits per heavy atom. The van der Waals surface area contributed by atoms with Gasteiger partial charge in [0.1, 0.15) is 18.0 Å². The van der Waals surface area contributed by atoms with Crippen molar-refractivity contribution in [1.29, 1.82) is 0 Å². The minimum Gasteiger partial charge on any atom is -0.463 e. The molecule has 0 radical (unpaired) electrons. The van der Waals surface area contributed by atoms with E-state index >= 15 is 0 Å². The largest absolute Gasteiger partial charge is 0.463 e. The molecule has 34 heavy (non-hydrogen) atoms. The second-order valence-corrected chi connectivity index (χ2v) is 9.20. The number of hydrogen-bond donors (Lipinski definition) is 2. The smallest absolute Gasteiger partial charge is 0.338 e. The molecule has 2 atom stereocenters. The van der Waals surface area contributed by atoms with Gasteiger partial charge in [-0.15, -0.1) is 11.3 Å². The van der Waals surface area contributed by atoms with Gasteiger partial charge in [-0.05, 0) is 25.5 Å². The molecule has 2 aliphatic rings. The van der Waals surface area contributed by atoms with Crippen LogP contribution in [-0.2, 0) is 9.53 Å². The summed E-state index contributed by atoms with van der Waals surface area (Å²) in [4.78, 5) is 23.4. The van der Waals surface area contributed by atoms with Gasteiger partial charge in [0.2, 0.25) is 0 Å². The predicted octanol–water partition coefficient (Wildman–Crippen LogP) is 3.55. The molecule has 0 saturated carbocycles. The molecule has 0 spiro atoms. The zero-order chi connectivity index (χ0) is 24.5. The van der Waals surface area contributed by atoms with Crippen LogP contribution in [0.2, 0.25) is 5.02 Å². The Morgan fingerprint density at radius 2 is 2.24 bits per heavy atom. The summed E-state index contributed by atoms with van der Waals surface area (Å²) in [5.74, 6) is -4.21. The Labute approximate surface area is 202 Å². The quantitative estimate of drug-likeness (QED) is 0.573. The van der Waals surface area contributed by atoms with E-state index in [1.54, 1.807) is 18.5 Å². The number of benzene rings is 1. The molecule has 7 nitrogen and oxygen atoms in total. The lowest BCUT2D eigenvalue weighted by Crippen LogP contribution is -2.53. The van der Waals surface area contributed by atoms with E-state index in [1.165, 1.54) is 28.4 Å². The maximum atomic E-state index is 14.2. The highest BCUT2D eigenvalue weighted by Gasteiger charge is 2.44. The van der Waals surface area contributed by atoms with Crippen molar-refractivity contribution in [3.05, 3.63) is 62.5 Å². The maximum Gasteiger partial charge on any atom is 0.338 e. The molecule has 2 N–H and O–H groups in total. The lowest BCUT2D eigenvalue weighted by atomic mass is 9.94. The molecule has 2 aliphatic heterocycles.